The summed E-state index contributed by atoms with van der Waals surface area (Å²) in [6, 6.07) is 8.32. The number of halogens is 2. The molecule has 3 nitrogen and oxygen atoms in total. The standard InChI is InChI=1S/C14H13FN2O.ClH/c15-11-3-1-8(5-14(11)18)13-4-2-9(7-17-13)10-6-12(10)16;/h1-5,7,10,12,18H,6,16H2;1H. The van der Waals surface area contributed by atoms with Crippen molar-refractivity contribution in [3.8, 4) is 17.0 Å². The van der Waals surface area contributed by atoms with E-state index in [4.69, 9.17) is 5.73 Å². The highest BCUT2D eigenvalue weighted by molar-refractivity contribution is 5.85. The summed E-state index contributed by atoms with van der Waals surface area (Å²) < 4.78 is 13.0. The number of hydrogen-bond acceptors (Lipinski definition) is 3. The van der Waals surface area contributed by atoms with Gasteiger partial charge in [-0.1, -0.05) is 6.07 Å². The van der Waals surface area contributed by atoms with Gasteiger partial charge >= 0.3 is 0 Å². The van der Waals surface area contributed by atoms with Crippen LogP contribution in [0.1, 0.15) is 17.9 Å². The molecule has 100 valence electrons. The van der Waals surface area contributed by atoms with Gasteiger partial charge in [-0.2, -0.15) is 0 Å². The van der Waals surface area contributed by atoms with E-state index in [1.54, 1.807) is 12.3 Å². The summed E-state index contributed by atoms with van der Waals surface area (Å²) in [5, 5.41) is 9.33. The average Bonchev–Trinajstić information content (AvgIpc) is 3.10. The fraction of sp³-hybridized carbons (Fsp3) is 0.214. The summed E-state index contributed by atoms with van der Waals surface area (Å²) in [4.78, 5) is 4.33. The van der Waals surface area contributed by atoms with Crippen LogP contribution in [-0.2, 0) is 0 Å². The molecule has 1 saturated carbocycles. The Labute approximate surface area is 116 Å². The maximum atomic E-state index is 13.0. The Hall–Kier alpha value is -1.65. The number of pyridine rings is 1. The Morgan fingerprint density at radius 2 is 2.00 bits per heavy atom. The molecule has 0 spiro atoms. The molecule has 0 bridgehead atoms. The minimum Gasteiger partial charge on any atom is -0.505 e. The van der Waals surface area contributed by atoms with Crippen molar-refractivity contribution in [1.29, 1.82) is 0 Å². The first kappa shape index (κ1) is 13.8. The molecular formula is C14H14ClFN2O. The molecule has 3 N–H and O–H groups in total. The number of hydrogen-bond donors (Lipinski definition) is 2. The van der Waals surface area contributed by atoms with Gasteiger partial charge in [-0.25, -0.2) is 4.39 Å². The first-order chi connectivity index (χ1) is 8.65. The van der Waals surface area contributed by atoms with Gasteiger partial charge < -0.3 is 10.8 Å². The SMILES string of the molecule is Cl.NC1CC1c1ccc(-c2ccc(F)c(O)c2)nc1. The smallest absolute Gasteiger partial charge is 0.164 e. The lowest BCUT2D eigenvalue weighted by atomic mass is 10.1. The Morgan fingerprint density at radius 3 is 2.53 bits per heavy atom. The van der Waals surface area contributed by atoms with Crippen LogP contribution in [0.2, 0.25) is 0 Å². The lowest BCUT2D eigenvalue weighted by molar-refractivity contribution is 0.432. The van der Waals surface area contributed by atoms with Crippen LogP contribution in [0.5, 0.6) is 5.75 Å². The third-order valence-electron chi connectivity index (χ3n) is 3.30. The van der Waals surface area contributed by atoms with E-state index >= 15 is 0 Å². The van der Waals surface area contributed by atoms with Crippen molar-refractivity contribution in [2.45, 2.75) is 18.4 Å². The van der Waals surface area contributed by atoms with Gasteiger partial charge in [-0.15, -0.1) is 12.4 Å². The van der Waals surface area contributed by atoms with Crippen molar-refractivity contribution in [2.75, 3.05) is 0 Å². The maximum Gasteiger partial charge on any atom is 0.164 e. The quantitative estimate of drug-likeness (QED) is 0.889. The van der Waals surface area contributed by atoms with E-state index in [0.29, 0.717) is 17.2 Å². The Bertz CT molecular complexity index is 588. The van der Waals surface area contributed by atoms with Crippen LogP contribution >= 0.6 is 12.4 Å². The van der Waals surface area contributed by atoms with Crippen LogP contribution in [0, 0.1) is 5.82 Å². The van der Waals surface area contributed by atoms with Gasteiger partial charge in [-0.3, -0.25) is 4.98 Å². The maximum absolute atomic E-state index is 13.0. The van der Waals surface area contributed by atoms with Gasteiger partial charge in [-0.05, 0) is 36.2 Å². The fourth-order valence-electron chi connectivity index (χ4n) is 2.07. The largest absolute Gasteiger partial charge is 0.505 e. The molecule has 1 heterocycles. The lowest BCUT2D eigenvalue weighted by Crippen LogP contribution is -2.01. The number of benzene rings is 1. The molecule has 3 rings (SSSR count). The van der Waals surface area contributed by atoms with Gasteiger partial charge in [0.2, 0.25) is 0 Å². The topological polar surface area (TPSA) is 59.1 Å². The van der Waals surface area contributed by atoms with Crippen LogP contribution in [0.4, 0.5) is 4.39 Å². The van der Waals surface area contributed by atoms with Gasteiger partial charge in [0.1, 0.15) is 0 Å². The summed E-state index contributed by atoms with van der Waals surface area (Å²) in [6.07, 6.45) is 2.81. The highest BCUT2D eigenvalue weighted by Crippen LogP contribution is 2.38. The zero-order valence-electron chi connectivity index (χ0n) is 10.1. The monoisotopic (exact) mass is 280 g/mol. The summed E-state index contributed by atoms with van der Waals surface area (Å²) >= 11 is 0. The molecule has 0 aliphatic heterocycles. The molecule has 0 radical (unpaired) electrons. The van der Waals surface area contributed by atoms with Crippen LogP contribution in [-0.4, -0.2) is 16.1 Å². The van der Waals surface area contributed by atoms with Gasteiger partial charge in [0.15, 0.2) is 11.6 Å². The Kier molecular flexibility index (Phi) is 3.73. The fourth-order valence-corrected chi connectivity index (χ4v) is 2.07. The Balaban J connectivity index is 0.00000133. The molecular weight excluding hydrogens is 267 g/mol. The molecule has 19 heavy (non-hydrogen) atoms. The number of phenols is 1. The molecule has 2 unspecified atom stereocenters. The molecule has 2 atom stereocenters. The van der Waals surface area contributed by atoms with Gasteiger partial charge in [0.05, 0.1) is 5.69 Å². The minimum absolute atomic E-state index is 0. The summed E-state index contributed by atoms with van der Waals surface area (Å²) in [5.41, 5.74) is 8.32. The summed E-state index contributed by atoms with van der Waals surface area (Å²) in [6.45, 7) is 0. The number of rotatable bonds is 2. The number of nitrogens with zero attached hydrogens (tertiary/aromatic N) is 1. The number of aromatic hydroxyl groups is 1. The minimum atomic E-state index is -0.626. The van der Waals surface area contributed by atoms with Crippen molar-refractivity contribution in [3.63, 3.8) is 0 Å². The average molecular weight is 281 g/mol. The lowest BCUT2D eigenvalue weighted by Gasteiger charge is -2.04. The second-order valence-electron chi connectivity index (χ2n) is 4.65. The first-order valence-electron chi connectivity index (χ1n) is 5.85. The van der Waals surface area contributed by atoms with Crippen LogP contribution < -0.4 is 5.73 Å². The summed E-state index contributed by atoms with van der Waals surface area (Å²) in [5.74, 6) is -0.560. The van der Waals surface area contributed by atoms with E-state index in [-0.39, 0.29) is 24.2 Å². The van der Waals surface area contributed by atoms with Crippen molar-refractivity contribution >= 4 is 12.4 Å². The van der Waals surface area contributed by atoms with Gasteiger partial charge in [0, 0.05) is 23.7 Å². The van der Waals surface area contributed by atoms with Crippen molar-refractivity contribution < 1.29 is 9.50 Å². The highest BCUT2D eigenvalue weighted by atomic mass is 35.5. The van der Waals surface area contributed by atoms with Crippen LogP contribution in [0.25, 0.3) is 11.3 Å². The second-order valence-corrected chi connectivity index (χ2v) is 4.65. The van der Waals surface area contributed by atoms with E-state index in [1.165, 1.54) is 12.1 Å². The number of phenolic OH excluding ortho intramolecular Hbond substituents is 1. The molecule has 0 amide bonds. The van der Waals surface area contributed by atoms with Crippen molar-refractivity contribution in [3.05, 3.63) is 47.9 Å². The Morgan fingerprint density at radius 1 is 1.26 bits per heavy atom. The van der Waals surface area contributed by atoms with E-state index in [1.807, 2.05) is 12.1 Å². The predicted octanol–water partition coefficient (Wildman–Crippen LogP) is 2.83. The van der Waals surface area contributed by atoms with E-state index in [0.717, 1.165) is 12.0 Å². The molecule has 2 aromatic rings. The van der Waals surface area contributed by atoms with Crippen LogP contribution in [0.3, 0.4) is 0 Å². The highest BCUT2D eigenvalue weighted by Gasteiger charge is 2.34. The van der Waals surface area contributed by atoms with Gasteiger partial charge in [0.25, 0.3) is 0 Å². The first-order valence-corrected chi connectivity index (χ1v) is 5.85. The zero-order valence-corrected chi connectivity index (χ0v) is 10.9. The molecule has 1 aromatic heterocycles. The molecule has 5 heteroatoms. The molecule has 1 aliphatic rings. The third-order valence-corrected chi connectivity index (χ3v) is 3.30. The third kappa shape index (κ3) is 2.69. The van der Waals surface area contributed by atoms with Crippen LogP contribution in [0.15, 0.2) is 36.5 Å². The predicted molar refractivity (Wildman–Crippen MR) is 73.9 cm³/mol. The second kappa shape index (κ2) is 5.15. The molecule has 1 aromatic carbocycles. The van der Waals surface area contributed by atoms with E-state index < -0.39 is 5.82 Å². The number of aromatic nitrogens is 1. The van der Waals surface area contributed by atoms with E-state index in [9.17, 15) is 9.50 Å². The van der Waals surface area contributed by atoms with E-state index in [2.05, 4.69) is 4.98 Å². The molecule has 0 saturated heterocycles. The normalized spacial score (nSPS) is 20.7. The zero-order chi connectivity index (χ0) is 12.7. The summed E-state index contributed by atoms with van der Waals surface area (Å²) in [7, 11) is 0. The molecule has 1 aliphatic carbocycles. The van der Waals surface area contributed by atoms with Crippen molar-refractivity contribution in [2.24, 2.45) is 5.73 Å². The molecule has 1 fully saturated rings. The number of nitrogens with two attached hydrogens (primary N) is 1. The van der Waals surface area contributed by atoms with Crippen molar-refractivity contribution in [1.82, 2.24) is 4.98 Å².